The predicted molar refractivity (Wildman–Crippen MR) is 67.9 cm³/mol. The molecule has 0 radical (unpaired) electrons. The molecule has 0 amide bonds. The van der Waals surface area contributed by atoms with Gasteiger partial charge in [0.15, 0.2) is 0 Å². The van der Waals surface area contributed by atoms with E-state index in [1.54, 1.807) is 12.1 Å². The van der Waals surface area contributed by atoms with Crippen molar-refractivity contribution in [2.75, 3.05) is 6.61 Å². The van der Waals surface area contributed by atoms with Crippen LogP contribution in [-0.4, -0.2) is 11.7 Å². The molecular weight excluding hydrogens is 250 g/mol. The maximum absolute atomic E-state index is 13.4. The van der Waals surface area contributed by atoms with Crippen molar-refractivity contribution in [1.29, 1.82) is 0 Å². The van der Waals surface area contributed by atoms with Gasteiger partial charge >= 0.3 is 0 Å². The normalized spacial score (nSPS) is 10.5. The van der Waals surface area contributed by atoms with Gasteiger partial charge in [-0.15, -0.1) is 0 Å². The van der Waals surface area contributed by atoms with Crippen LogP contribution in [0.3, 0.4) is 0 Å². The molecule has 0 aliphatic rings. The summed E-state index contributed by atoms with van der Waals surface area (Å²) in [5, 5.41) is 8.79. The van der Waals surface area contributed by atoms with E-state index < -0.39 is 11.6 Å². The van der Waals surface area contributed by atoms with Gasteiger partial charge in [-0.25, -0.2) is 8.78 Å². The summed E-state index contributed by atoms with van der Waals surface area (Å²) in [5.41, 5.74) is 1.31. The van der Waals surface area contributed by atoms with E-state index in [1.165, 1.54) is 12.1 Å². The second-order valence-electron chi connectivity index (χ2n) is 4.14. The first kappa shape index (κ1) is 13.5. The maximum atomic E-state index is 13.4. The number of hydrogen-bond donors (Lipinski definition) is 1. The molecule has 2 nitrogen and oxygen atoms in total. The van der Waals surface area contributed by atoms with Gasteiger partial charge in [-0.05, 0) is 36.2 Å². The molecule has 0 aliphatic heterocycles. The van der Waals surface area contributed by atoms with Crippen LogP contribution in [0.15, 0.2) is 42.5 Å². The van der Waals surface area contributed by atoms with Gasteiger partial charge in [0.1, 0.15) is 24.0 Å². The van der Waals surface area contributed by atoms with Gasteiger partial charge in [0.05, 0.1) is 0 Å². The number of ether oxygens (including phenoxy) is 1. The van der Waals surface area contributed by atoms with E-state index in [9.17, 15) is 8.78 Å². The Morgan fingerprint density at radius 2 is 1.74 bits per heavy atom. The van der Waals surface area contributed by atoms with Crippen LogP contribution in [0.5, 0.6) is 5.75 Å². The van der Waals surface area contributed by atoms with Gasteiger partial charge in [-0.1, -0.05) is 12.1 Å². The summed E-state index contributed by atoms with van der Waals surface area (Å²) in [6.45, 7) is 0.145. The van der Waals surface area contributed by atoms with Crippen LogP contribution in [0.1, 0.15) is 11.1 Å². The second-order valence-corrected chi connectivity index (χ2v) is 4.14. The van der Waals surface area contributed by atoms with E-state index in [4.69, 9.17) is 9.84 Å². The highest BCUT2D eigenvalue weighted by Crippen LogP contribution is 2.16. The molecule has 0 saturated heterocycles. The van der Waals surface area contributed by atoms with Crippen molar-refractivity contribution < 1.29 is 18.6 Å². The Morgan fingerprint density at radius 1 is 1.00 bits per heavy atom. The predicted octanol–water partition coefficient (Wildman–Crippen LogP) is 3.08. The third-order valence-corrected chi connectivity index (χ3v) is 2.73. The minimum Gasteiger partial charge on any atom is -0.489 e. The molecule has 0 saturated carbocycles. The molecule has 100 valence electrons. The molecule has 0 spiro atoms. The fourth-order valence-electron chi connectivity index (χ4n) is 1.68. The van der Waals surface area contributed by atoms with E-state index in [2.05, 4.69) is 0 Å². The highest BCUT2D eigenvalue weighted by atomic mass is 19.1. The summed E-state index contributed by atoms with van der Waals surface area (Å²) >= 11 is 0. The molecule has 0 fully saturated rings. The molecule has 0 unspecified atom stereocenters. The molecule has 2 aromatic carbocycles. The first-order valence-corrected chi connectivity index (χ1v) is 5.95. The molecule has 19 heavy (non-hydrogen) atoms. The number of hydrogen-bond acceptors (Lipinski definition) is 2. The van der Waals surface area contributed by atoms with Crippen LogP contribution in [0.2, 0.25) is 0 Å². The van der Waals surface area contributed by atoms with Crippen molar-refractivity contribution in [3.63, 3.8) is 0 Å². The van der Waals surface area contributed by atoms with Crippen LogP contribution in [0.25, 0.3) is 0 Å². The second kappa shape index (κ2) is 6.29. The molecule has 0 aromatic heterocycles. The summed E-state index contributed by atoms with van der Waals surface area (Å²) in [5.74, 6) is -0.614. The fourth-order valence-corrected chi connectivity index (χ4v) is 1.68. The largest absolute Gasteiger partial charge is 0.489 e. The Hall–Kier alpha value is -1.94. The Labute approximate surface area is 110 Å². The first-order valence-electron chi connectivity index (χ1n) is 5.95. The van der Waals surface area contributed by atoms with Gasteiger partial charge < -0.3 is 9.84 Å². The van der Waals surface area contributed by atoms with Crippen LogP contribution in [-0.2, 0) is 13.0 Å². The molecule has 4 heteroatoms. The molecule has 1 N–H and O–H groups in total. The molecule has 2 rings (SSSR count). The smallest absolute Gasteiger partial charge is 0.132 e. The average molecular weight is 264 g/mol. The number of aliphatic hydroxyl groups excluding tert-OH is 1. The van der Waals surface area contributed by atoms with E-state index in [1.807, 2.05) is 12.1 Å². The first-order chi connectivity index (χ1) is 9.19. The molecular formula is C15H14F2O2. The minimum atomic E-state index is -0.614. The molecule has 0 bridgehead atoms. The summed E-state index contributed by atoms with van der Waals surface area (Å²) in [6.07, 6.45) is 0.590. The summed E-state index contributed by atoms with van der Waals surface area (Å²) in [6, 6.07) is 10.6. The Bertz CT molecular complexity index is 538. The monoisotopic (exact) mass is 264 g/mol. The summed E-state index contributed by atoms with van der Waals surface area (Å²) in [7, 11) is 0. The summed E-state index contributed by atoms with van der Waals surface area (Å²) < 4.78 is 31.5. The lowest BCUT2D eigenvalue weighted by Gasteiger charge is -2.08. The lowest BCUT2D eigenvalue weighted by atomic mass is 10.1. The van der Waals surface area contributed by atoms with Crippen LogP contribution in [0.4, 0.5) is 8.78 Å². The molecule has 0 atom stereocenters. The zero-order valence-corrected chi connectivity index (χ0v) is 10.3. The van der Waals surface area contributed by atoms with Crippen molar-refractivity contribution in [3.8, 4) is 5.75 Å². The van der Waals surface area contributed by atoms with Crippen molar-refractivity contribution in [1.82, 2.24) is 0 Å². The number of aliphatic hydroxyl groups is 1. The molecule has 0 aliphatic carbocycles. The van der Waals surface area contributed by atoms with Crippen molar-refractivity contribution in [3.05, 3.63) is 65.2 Å². The highest BCUT2D eigenvalue weighted by molar-refractivity contribution is 5.28. The number of rotatable bonds is 5. The van der Waals surface area contributed by atoms with Gasteiger partial charge in [0, 0.05) is 18.2 Å². The number of benzene rings is 2. The third kappa shape index (κ3) is 3.76. The minimum absolute atomic E-state index is 0.0471. The van der Waals surface area contributed by atoms with Crippen LogP contribution >= 0.6 is 0 Å². The van der Waals surface area contributed by atoms with Crippen LogP contribution in [0, 0.1) is 11.6 Å². The molecule has 0 heterocycles. The standard InChI is InChI=1S/C15H14F2O2/c16-13-4-3-12(15(17)9-13)10-19-14-5-1-11(2-6-14)7-8-18/h1-6,9,18H,7-8,10H2. The zero-order chi connectivity index (χ0) is 13.7. The number of halogens is 2. The van der Waals surface area contributed by atoms with E-state index in [0.29, 0.717) is 17.7 Å². The van der Waals surface area contributed by atoms with Gasteiger partial charge in [0.25, 0.3) is 0 Å². The van der Waals surface area contributed by atoms with Crippen molar-refractivity contribution >= 4 is 0 Å². The summed E-state index contributed by atoms with van der Waals surface area (Å²) in [4.78, 5) is 0. The fraction of sp³-hybridized carbons (Fsp3) is 0.200. The van der Waals surface area contributed by atoms with Crippen LogP contribution < -0.4 is 4.74 Å². The van der Waals surface area contributed by atoms with Crippen molar-refractivity contribution in [2.24, 2.45) is 0 Å². The van der Waals surface area contributed by atoms with E-state index in [0.717, 1.165) is 11.6 Å². The highest BCUT2D eigenvalue weighted by Gasteiger charge is 2.04. The Balaban J connectivity index is 1.98. The Morgan fingerprint density at radius 3 is 2.37 bits per heavy atom. The molecule has 2 aromatic rings. The lowest BCUT2D eigenvalue weighted by Crippen LogP contribution is -1.99. The van der Waals surface area contributed by atoms with E-state index in [-0.39, 0.29) is 13.2 Å². The van der Waals surface area contributed by atoms with Crippen molar-refractivity contribution in [2.45, 2.75) is 13.0 Å². The lowest BCUT2D eigenvalue weighted by molar-refractivity contribution is 0.296. The van der Waals surface area contributed by atoms with Gasteiger partial charge in [-0.3, -0.25) is 0 Å². The quantitative estimate of drug-likeness (QED) is 0.899. The average Bonchev–Trinajstić information content (AvgIpc) is 2.40. The maximum Gasteiger partial charge on any atom is 0.132 e. The Kier molecular flexibility index (Phi) is 4.47. The SMILES string of the molecule is OCCc1ccc(OCc2ccc(F)cc2F)cc1. The van der Waals surface area contributed by atoms with Gasteiger partial charge in [0.2, 0.25) is 0 Å². The zero-order valence-electron chi connectivity index (χ0n) is 10.3. The van der Waals surface area contributed by atoms with E-state index >= 15 is 0 Å². The topological polar surface area (TPSA) is 29.5 Å². The van der Waals surface area contributed by atoms with Gasteiger partial charge in [-0.2, -0.15) is 0 Å². The third-order valence-electron chi connectivity index (χ3n) is 2.73.